The van der Waals surface area contributed by atoms with Gasteiger partial charge in [-0.05, 0) is 34.0 Å². The Bertz CT molecular complexity index is 588. The topological polar surface area (TPSA) is 32.9 Å². The fourth-order valence-electron chi connectivity index (χ4n) is 2.12. The van der Waals surface area contributed by atoms with Crippen LogP contribution in [0.3, 0.4) is 0 Å². The average molecular weight is 268 g/mol. The SMILES string of the molecule is O=C1CCc2c1[nH]c1c(F)c(Br)ccc21. The van der Waals surface area contributed by atoms with Gasteiger partial charge in [-0.2, -0.15) is 0 Å². The third-order valence-corrected chi connectivity index (χ3v) is 3.47. The average Bonchev–Trinajstić information content (AvgIpc) is 2.74. The molecule has 76 valence electrons. The number of Topliss-reactive ketones (excluding diaryl/α,β-unsaturated/α-hetero) is 1. The van der Waals surface area contributed by atoms with E-state index in [0.717, 1.165) is 17.4 Å². The number of halogens is 2. The first-order valence-electron chi connectivity index (χ1n) is 4.70. The summed E-state index contributed by atoms with van der Waals surface area (Å²) in [6.07, 6.45) is 1.25. The lowest BCUT2D eigenvalue weighted by atomic mass is 10.1. The molecule has 0 amide bonds. The number of nitrogens with one attached hydrogen (secondary N) is 1. The lowest BCUT2D eigenvalue weighted by Gasteiger charge is -1.97. The maximum Gasteiger partial charge on any atom is 0.179 e. The van der Waals surface area contributed by atoms with Gasteiger partial charge in [0.1, 0.15) is 0 Å². The predicted molar refractivity (Wildman–Crippen MR) is 58.6 cm³/mol. The van der Waals surface area contributed by atoms with Crippen LogP contribution in [0.2, 0.25) is 0 Å². The Kier molecular flexibility index (Phi) is 1.77. The number of carbonyl (C=O) groups is 1. The number of benzene rings is 1. The standard InChI is InChI=1S/C11H7BrFNO/c12-7-3-1-6-5-2-4-8(15)10(5)14-11(6)9(7)13/h1,3,14H,2,4H2. The number of hydrogen-bond donors (Lipinski definition) is 1. The normalized spacial score (nSPS) is 14.9. The second kappa shape index (κ2) is 2.92. The Hall–Kier alpha value is -1.16. The molecule has 1 N–H and O–H groups in total. The van der Waals surface area contributed by atoms with E-state index in [1.807, 2.05) is 6.07 Å². The van der Waals surface area contributed by atoms with E-state index in [1.165, 1.54) is 0 Å². The molecule has 1 aliphatic carbocycles. The summed E-state index contributed by atoms with van der Waals surface area (Å²) in [5.41, 5.74) is 1.98. The van der Waals surface area contributed by atoms with Gasteiger partial charge in [-0.1, -0.05) is 6.07 Å². The Morgan fingerprint density at radius 2 is 2.13 bits per heavy atom. The van der Waals surface area contributed by atoms with E-state index in [0.29, 0.717) is 22.1 Å². The number of aromatic nitrogens is 1. The van der Waals surface area contributed by atoms with E-state index < -0.39 is 0 Å². The quantitative estimate of drug-likeness (QED) is 0.781. The minimum absolute atomic E-state index is 0.0803. The van der Waals surface area contributed by atoms with Gasteiger partial charge in [0.25, 0.3) is 0 Å². The van der Waals surface area contributed by atoms with Gasteiger partial charge in [-0.3, -0.25) is 4.79 Å². The first-order valence-corrected chi connectivity index (χ1v) is 5.49. The van der Waals surface area contributed by atoms with Gasteiger partial charge in [0, 0.05) is 11.8 Å². The number of hydrogen-bond acceptors (Lipinski definition) is 1. The molecule has 1 heterocycles. The van der Waals surface area contributed by atoms with E-state index >= 15 is 0 Å². The van der Waals surface area contributed by atoms with Crippen LogP contribution in [-0.2, 0) is 6.42 Å². The molecule has 0 fully saturated rings. The molecule has 1 aliphatic rings. The maximum absolute atomic E-state index is 13.7. The highest BCUT2D eigenvalue weighted by molar-refractivity contribution is 9.10. The summed E-state index contributed by atoms with van der Waals surface area (Å²) in [4.78, 5) is 14.3. The Morgan fingerprint density at radius 1 is 1.33 bits per heavy atom. The van der Waals surface area contributed by atoms with E-state index in [2.05, 4.69) is 20.9 Å². The third kappa shape index (κ3) is 1.11. The van der Waals surface area contributed by atoms with Crippen LogP contribution in [0.5, 0.6) is 0 Å². The summed E-state index contributed by atoms with van der Waals surface area (Å²) in [6.45, 7) is 0. The van der Waals surface area contributed by atoms with Crippen molar-refractivity contribution in [3.8, 4) is 0 Å². The van der Waals surface area contributed by atoms with Crippen molar-refractivity contribution in [3.05, 3.63) is 33.7 Å². The summed E-state index contributed by atoms with van der Waals surface area (Å²) in [5.74, 6) is -0.244. The zero-order valence-electron chi connectivity index (χ0n) is 7.73. The molecule has 4 heteroatoms. The molecular formula is C11H7BrFNO. The highest BCUT2D eigenvalue weighted by atomic mass is 79.9. The van der Waals surface area contributed by atoms with E-state index in [9.17, 15) is 9.18 Å². The fraction of sp³-hybridized carbons (Fsp3) is 0.182. The molecule has 0 saturated heterocycles. The largest absolute Gasteiger partial charge is 0.349 e. The molecule has 3 rings (SSSR count). The van der Waals surface area contributed by atoms with Crippen molar-refractivity contribution in [2.24, 2.45) is 0 Å². The summed E-state index contributed by atoms with van der Waals surface area (Å²) >= 11 is 3.13. The third-order valence-electron chi connectivity index (χ3n) is 2.85. The molecule has 2 aromatic rings. The van der Waals surface area contributed by atoms with Gasteiger partial charge in [-0.15, -0.1) is 0 Å². The van der Waals surface area contributed by atoms with Crippen LogP contribution in [0.15, 0.2) is 16.6 Å². The summed E-state index contributed by atoms with van der Waals surface area (Å²) in [6, 6.07) is 3.52. The fourth-order valence-corrected chi connectivity index (χ4v) is 2.45. The zero-order chi connectivity index (χ0) is 10.6. The number of H-pyrrole nitrogens is 1. The first-order chi connectivity index (χ1) is 7.18. The molecule has 0 saturated carbocycles. The van der Waals surface area contributed by atoms with Crippen molar-refractivity contribution in [1.29, 1.82) is 0 Å². The highest BCUT2D eigenvalue weighted by Gasteiger charge is 2.25. The van der Waals surface area contributed by atoms with Crippen LogP contribution >= 0.6 is 15.9 Å². The summed E-state index contributed by atoms with van der Waals surface area (Å²) in [5, 5.41) is 0.830. The second-order valence-corrected chi connectivity index (χ2v) is 4.54. The van der Waals surface area contributed by atoms with Crippen LogP contribution < -0.4 is 0 Å². The smallest absolute Gasteiger partial charge is 0.179 e. The minimum Gasteiger partial charge on any atom is -0.349 e. The van der Waals surface area contributed by atoms with Crippen molar-refractivity contribution in [1.82, 2.24) is 4.98 Å². The molecule has 0 aliphatic heterocycles. The second-order valence-electron chi connectivity index (χ2n) is 3.69. The molecule has 1 aromatic heterocycles. The van der Waals surface area contributed by atoms with Gasteiger partial charge < -0.3 is 4.98 Å². The number of rotatable bonds is 0. The molecular weight excluding hydrogens is 261 g/mol. The van der Waals surface area contributed by atoms with Gasteiger partial charge in [-0.25, -0.2) is 4.39 Å². The van der Waals surface area contributed by atoms with Crippen molar-refractivity contribution in [3.63, 3.8) is 0 Å². The molecule has 0 radical (unpaired) electrons. The Labute approximate surface area is 93.6 Å². The van der Waals surface area contributed by atoms with Crippen molar-refractivity contribution in [2.45, 2.75) is 12.8 Å². The predicted octanol–water partition coefficient (Wildman–Crippen LogP) is 3.20. The molecule has 0 unspecified atom stereocenters. The molecule has 2 nitrogen and oxygen atoms in total. The number of ketones is 1. The van der Waals surface area contributed by atoms with Crippen LogP contribution in [0.25, 0.3) is 10.9 Å². The number of aryl methyl sites for hydroxylation is 1. The van der Waals surface area contributed by atoms with Crippen LogP contribution in [0.1, 0.15) is 22.5 Å². The van der Waals surface area contributed by atoms with Crippen LogP contribution in [0.4, 0.5) is 4.39 Å². The van der Waals surface area contributed by atoms with Gasteiger partial charge in [0.05, 0.1) is 15.7 Å². The van der Waals surface area contributed by atoms with Crippen LogP contribution in [0, 0.1) is 5.82 Å². The number of aromatic amines is 1. The molecule has 0 spiro atoms. The minimum atomic E-state index is -0.324. The number of carbonyl (C=O) groups excluding carboxylic acids is 1. The maximum atomic E-state index is 13.7. The molecule has 0 atom stereocenters. The Morgan fingerprint density at radius 3 is 2.93 bits per heavy atom. The number of fused-ring (bicyclic) bond motifs is 3. The molecule has 15 heavy (non-hydrogen) atoms. The van der Waals surface area contributed by atoms with Crippen molar-refractivity contribution < 1.29 is 9.18 Å². The lowest BCUT2D eigenvalue weighted by molar-refractivity contribution is 0.0991. The van der Waals surface area contributed by atoms with Crippen molar-refractivity contribution in [2.75, 3.05) is 0 Å². The van der Waals surface area contributed by atoms with E-state index in [-0.39, 0.29) is 11.6 Å². The summed E-state index contributed by atoms with van der Waals surface area (Å²) < 4.78 is 14.1. The van der Waals surface area contributed by atoms with E-state index in [1.54, 1.807) is 6.07 Å². The van der Waals surface area contributed by atoms with Gasteiger partial charge >= 0.3 is 0 Å². The van der Waals surface area contributed by atoms with Crippen molar-refractivity contribution >= 4 is 32.6 Å². The van der Waals surface area contributed by atoms with Crippen LogP contribution in [-0.4, -0.2) is 10.8 Å². The lowest BCUT2D eigenvalue weighted by Crippen LogP contribution is -1.91. The monoisotopic (exact) mass is 267 g/mol. The zero-order valence-corrected chi connectivity index (χ0v) is 9.32. The molecule has 0 bridgehead atoms. The van der Waals surface area contributed by atoms with Gasteiger partial charge in [0.15, 0.2) is 11.6 Å². The van der Waals surface area contributed by atoms with E-state index in [4.69, 9.17) is 0 Å². The van der Waals surface area contributed by atoms with Gasteiger partial charge in [0.2, 0.25) is 0 Å². The Balaban J connectivity index is 2.44. The molecule has 1 aromatic carbocycles. The first kappa shape index (κ1) is 9.09. The highest BCUT2D eigenvalue weighted by Crippen LogP contribution is 2.33. The summed E-state index contributed by atoms with van der Waals surface area (Å²) in [7, 11) is 0.